The molecule has 31 heavy (non-hydrogen) atoms. The minimum absolute atomic E-state index is 0.240. The molecule has 0 saturated carbocycles. The van der Waals surface area contributed by atoms with Crippen molar-refractivity contribution in [3.63, 3.8) is 0 Å². The lowest BCUT2D eigenvalue weighted by atomic mass is 10.1. The van der Waals surface area contributed by atoms with Crippen molar-refractivity contribution in [2.75, 3.05) is 56.7 Å². The fraction of sp³-hybridized carbons (Fsp3) is 0.391. The fourth-order valence-electron chi connectivity index (χ4n) is 3.66. The van der Waals surface area contributed by atoms with Crippen LogP contribution in [0.15, 0.2) is 40.9 Å². The van der Waals surface area contributed by atoms with Crippen molar-refractivity contribution in [3.05, 3.63) is 52.0 Å². The normalized spacial score (nSPS) is 12.8. The number of imide groups is 1. The van der Waals surface area contributed by atoms with Crippen molar-refractivity contribution in [1.29, 1.82) is 0 Å². The number of methoxy groups -OCH3 is 1. The molecule has 0 spiro atoms. The van der Waals surface area contributed by atoms with E-state index in [1.165, 1.54) is 4.90 Å². The Bertz CT molecular complexity index is 915. The number of nitrogens with zero attached hydrogens (tertiary/aromatic N) is 2. The SMILES string of the molecule is CCNc1cc(Br)cc(OCCOC)c1N(CC)CCN1C(=O)c2ccccc2C1=O. The van der Waals surface area contributed by atoms with Gasteiger partial charge in [-0.1, -0.05) is 28.1 Å². The van der Waals surface area contributed by atoms with E-state index in [0.717, 1.165) is 22.4 Å². The average molecular weight is 490 g/mol. The van der Waals surface area contributed by atoms with E-state index in [1.807, 2.05) is 26.0 Å². The number of amides is 2. The van der Waals surface area contributed by atoms with Gasteiger partial charge in [0.2, 0.25) is 0 Å². The number of rotatable bonds is 11. The summed E-state index contributed by atoms with van der Waals surface area (Å²) in [5.74, 6) is 0.235. The summed E-state index contributed by atoms with van der Waals surface area (Å²) in [6, 6.07) is 10.9. The smallest absolute Gasteiger partial charge is 0.261 e. The fourth-order valence-corrected chi connectivity index (χ4v) is 4.10. The minimum atomic E-state index is -0.240. The Morgan fingerprint density at radius 2 is 1.74 bits per heavy atom. The van der Waals surface area contributed by atoms with Gasteiger partial charge in [0.25, 0.3) is 11.8 Å². The van der Waals surface area contributed by atoms with Crippen LogP contribution in [0, 0.1) is 0 Å². The first-order chi connectivity index (χ1) is 15.0. The predicted octanol–water partition coefficient (Wildman–Crippen LogP) is 4.03. The summed E-state index contributed by atoms with van der Waals surface area (Å²) in [6.45, 7) is 7.18. The number of halogens is 1. The Labute approximate surface area is 191 Å². The Balaban J connectivity index is 1.84. The van der Waals surface area contributed by atoms with Crippen LogP contribution in [0.1, 0.15) is 34.6 Å². The molecule has 8 heteroatoms. The number of hydrogen-bond acceptors (Lipinski definition) is 6. The van der Waals surface area contributed by atoms with E-state index < -0.39 is 0 Å². The number of likely N-dealkylation sites (N-methyl/N-ethyl adjacent to an activating group) is 1. The predicted molar refractivity (Wildman–Crippen MR) is 125 cm³/mol. The number of anilines is 2. The van der Waals surface area contributed by atoms with Crippen LogP contribution in [-0.2, 0) is 4.74 Å². The molecule has 1 aliphatic heterocycles. The zero-order valence-corrected chi connectivity index (χ0v) is 19.7. The highest BCUT2D eigenvalue weighted by atomic mass is 79.9. The summed E-state index contributed by atoms with van der Waals surface area (Å²) in [5, 5.41) is 3.39. The molecule has 0 aromatic heterocycles. The van der Waals surface area contributed by atoms with Gasteiger partial charge < -0.3 is 19.7 Å². The number of carbonyl (C=O) groups is 2. The highest BCUT2D eigenvalue weighted by molar-refractivity contribution is 9.10. The summed E-state index contributed by atoms with van der Waals surface area (Å²) in [4.78, 5) is 28.9. The quantitative estimate of drug-likeness (QED) is 0.379. The monoisotopic (exact) mass is 489 g/mol. The van der Waals surface area contributed by atoms with E-state index in [9.17, 15) is 9.59 Å². The maximum absolute atomic E-state index is 12.7. The van der Waals surface area contributed by atoms with Gasteiger partial charge in [0, 0.05) is 37.8 Å². The van der Waals surface area contributed by atoms with Crippen LogP contribution in [-0.4, -0.2) is 63.2 Å². The zero-order valence-electron chi connectivity index (χ0n) is 18.1. The third kappa shape index (κ3) is 5.02. The van der Waals surface area contributed by atoms with Gasteiger partial charge in [-0.15, -0.1) is 0 Å². The van der Waals surface area contributed by atoms with Crippen LogP contribution in [0.5, 0.6) is 5.75 Å². The van der Waals surface area contributed by atoms with E-state index in [2.05, 4.69) is 26.1 Å². The lowest BCUT2D eigenvalue weighted by Gasteiger charge is -2.30. The van der Waals surface area contributed by atoms with Crippen molar-refractivity contribution in [3.8, 4) is 5.75 Å². The zero-order chi connectivity index (χ0) is 22.4. The molecule has 0 radical (unpaired) electrons. The van der Waals surface area contributed by atoms with Crippen molar-refractivity contribution in [1.82, 2.24) is 4.90 Å². The topological polar surface area (TPSA) is 71.1 Å². The van der Waals surface area contributed by atoms with Crippen LogP contribution in [0.25, 0.3) is 0 Å². The molecule has 2 amide bonds. The molecule has 166 valence electrons. The van der Waals surface area contributed by atoms with Crippen molar-refractivity contribution in [2.24, 2.45) is 0 Å². The molecule has 0 aliphatic carbocycles. The van der Waals surface area contributed by atoms with Crippen LogP contribution < -0.4 is 15.0 Å². The standard InChI is InChI=1S/C23H28BrN3O4/c1-4-25-19-14-16(24)15-20(31-13-12-30-3)21(19)26(5-2)10-11-27-22(28)17-8-6-7-9-18(17)23(27)29/h6-9,14-15,25H,4-5,10-13H2,1-3H3. The van der Waals surface area contributed by atoms with Crippen LogP contribution in [0.2, 0.25) is 0 Å². The van der Waals surface area contributed by atoms with E-state index in [0.29, 0.717) is 49.7 Å². The number of nitrogens with one attached hydrogen (secondary N) is 1. The van der Waals surface area contributed by atoms with Crippen LogP contribution in [0.4, 0.5) is 11.4 Å². The second kappa shape index (κ2) is 10.6. The highest BCUT2D eigenvalue weighted by Gasteiger charge is 2.35. The highest BCUT2D eigenvalue weighted by Crippen LogP contribution is 2.39. The summed E-state index contributed by atoms with van der Waals surface area (Å²) < 4.78 is 12.0. The molecule has 0 saturated heterocycles. The van der Waals surface area contributed by atoms with E-state index >= 15 is 0 Å². The Morgan fingerprint density at radius 3 is 2.32 bits per heavy atom. The van der Waals surface area contributed by atoms with E-state index in [4.69, 9.17) is 9.47 Å². The van der Waals surface area contributed by atoms with Crippen molar-refractivity contribution < 1.29 is 19.1 Å². The van der Waals surface area contributed by atoms with Crippen LogP contribution >= 0.6 is 15.9 Å². The molecule has 0 bridgehead atoms. The molecule has 1 heterocycles. The average Bonchev–Trinajstić information content (AvgIpc) is 3.00. The summed E-state index contributed by atoms with van der Waals surface area (Å²) >= 11 is 3.56. The first kappa shape index (κ1) is 23.1. The van der Waals surface area contributed by atoms with Gasteiger partial charge in [0.1, 0.15) is 18.0 Å². The molecule has 0 unspecified atom stereocenters. The third-order valence-electron chi connectivity index (χ3n) is 5.12. The molecule has 7 nitrogen and oxygen atoms in total. The number of fused-ring (bicyclic) bond motifs is 1. The minimum Gasteiger partial charge on any atom is -0.489 e. The van der Waals surface area contributed by atoms with E-state index in [1.54, 1.807) is 31.4 Å². The molecular weight excluding hydrogens is 462 g/mol. The number of hydrogen-bond donors (Lipinski definition) is 1. The lowest BCUT2D eigenvalue weighted by Crippen LogP contribution is -2.38. The number of ether oxygens (including phenoxy) is 2. The molecule has 2 aromatic rings. The van der Waals surface area contributed by atoms with Crippen molar-refractivity contribution in [2.45, 2.75) is 13.8 Å². The molecule has 1 N–H and O–H groups in total. The molecule has 0 fully saturated rings. The number of carbonyl (C=O) groups excluding carboxylic acids is 2. The molecule has 2 aromatic carbocycles. The Hall–Kier alpha value is -2.58. The molecule has 1 aliphatic rings. The molecule has 3 rings (SSSR count). The summed E-state index contributed by atoms with van der Waals surface area (Å²) in [6.07, 6.45) is 0. The maximum Gasteiger partial charge on any atom is 0.261 e. The Morgan fingerprint density at radius 1 is 1.06 bits per heavy atom. The Kier molecular flexibility index (Phi) is 7.92. The molecule has 0 atom stereocenters. The van der Waals surface area contributed by atoms with Gasteiger partial charge in [-0.05, 0) is 38.1 Å². The van der Waals surface area contributed by atoms with Gasteiger partial charge in [0.05, 0.1) is 23.4 Å². The second-order valence-corrected chi connectivity index (χ2v) is 7.97. The van der Waals surface area contributed by atoms with Crippen molar-refractivity contribution >= 4 is 39.1 Å². The first-order valence-corrected chi connectivity index (χ1v) is 11.2. The summed E-state index contributed by atoms with van der Waals surface area (Å²) in [5.41, 5.74) is 2.76. The summed E-state index contributed by atoms with van der Waals surface area (Å²) in [7, 11) is 1.63. The lowest BCUT2D eigenvalue weighted by molar-refractivity contribution is 0.0658. The van der Waals surface area contributed by atoms with Gasteiger partial charge in [-0.3, -0.25) is 14.5 Å². The second-order valence-electron chi connectivity index (χ2n) is 7.06. The van der Waals surface area contributed by atoms with E-state index in [-0.39, 0.29) is 11.8 Å². The molecular formula is C23H28BrN3O4. The van der Waals surface area contributed by atoms with Gasteiger partial charge >= 0.3 is 0 Å². The maximum atomic E-state index is 12.7. The third-order valence-corrected chi connectivity index (χ3v) is 5.58. The van der Waals surface area contributed by atoms with Gasteiger partial charge in [-0.25, -0.2) is 0 Å². The van der Waals surface area contributed by atoms with Gasteiger partial charge in [0.15, 0.2) is 0 Å². The van der Waals surface area contributed by atoms with Gasteiger partial charge in [-0.2, -0.15) is 0 Å². The first-order valence-electron chi connectivity index (χ1n) is 10.4. The largest absolute Gasteiger partial charge is 0.489 e. The van der Waals surface area contributed by atoms with Crippen LogP contribution in [0.3, 0.4) is 0 Å². The number of benzene rings is 2.